The van der Waals surface area contributed by atoms with Crippen molar-refractivity contribution in [1.82, 2.24) is 0 Å². The van der Waals surface area contributed by atoms with Crippen LogP contribution in [0.1, 0.15) is 43.9 Å². The highest BCUT2D eigenvalue weighted by molar-refractivity contribution is 8.78. The average molecular weight is 317 g/mol. The van der Waals surface area contributed by atoms with E-state index in [2.05, 4.69) is 65.8 Å². The van der Waals surface area contributed by atoms with Gasteiger partial charge in [-0.05, 0) is 70.2 Å². The largest absolute Gasteiger partial charge is 0.0764 e. The summed E-state index contributed by atoms with van der Waals surface area (Å²) in [6.07, 6.45) is 5.74. The standard InChI is InChI=1S/C19H24S2/c1-12-7-8-14(3)18(15(4)9-12)20-21-19-16(5)10-13(2)11-17(19)6/h8-11H,7H2,1-6H3. The minimum Gasteiger partial charge on any atom is -0.0764 e. The molecule has 0 spiro atoms. The van der Waals surface area contributed by atoms with Gasteiger partial charge in [-0.2, -0.15) is 0 Å². The minimum absolute atomic E-state index is 1.07. The fraction of sp³-hybridized carbons (Fsp3) is 0.368. The first-order valence-corrected chi connectivity index (χ1v) is 9.51. The third kappa shape index (κ3) is 4.08. The van der Waals surface area contributed by atoms with Gasteiger partial charge < -0.3 is 0 Å². The van der Waals surface area contributed by atoms with Crippen LogP contribution in [0.4, 0.5) is 0 Å². The summed E-state index contributed by atoms with van der Waals surface area (Å²) in [6, 6.07) is 4.55. The Morgan fingerprint density at radius 3 is 2.10 bits per heavy atom. The third-order valence-electron chi connectivity index (χ3n) is 3.72. The lowest BCUT2D eigenvalue weighted by molar-refractivity contribution is 1.19. The van der Waals surface area contributed by atoms with Gasteiger partial charge in [-0.1, -0.05) is 57.0 Å². The Morgan fingerprint density at radius 2 is 1.48 bits per heavy atom. The van der Waals surface area contributed by atoms with Crippen LogP contribution in [-0.2, 0) is 0 Å². The summed E-state index contributed by atoms with van der Waals surface area (Å²) in [7, 11) is 3.80. The van der Waals surface area contributed by atoms with Crippen molar-refractivity contribution in [2.45, 2.75) is 52.9 Å². The Labute approximate surface area is 137 Å². The molecule has 0 amide bonds. The van der Waals surface area contributed by atoms with Crippen molar-refractivity contribution in [3.63, 3.8) is 0 Å². The molecule has 0 N–H and O–H groups in total. The van der Waals surface area contributed by atoms with Crippen molar-refractivity contribution in [3.05, 3.63) is 62.6 Å². The first-order valence-electron chi connectivity index (χ1n) is 7.36. The van der Waals surface area contributed by atoms with Gasteiger partial charge in [0.2, 0.25) is 0 Å². The summed E-state index contributed by atoms with van der Waals surface area (Å²) in [4.78, 5) is 2.82. The SMILES string of the molecule is CC1=CC(C)=C(SSc2c(C)cc(C)cc2C)C(C)=CC1. The summed E-state index contributed by atoms with van der Waals surface area (Å²) in [5, 5.41) is 0. The van der Waals surface area contributed by atoms with E-state index in [0.29, 0.717) is 0 Å². The number of hydrogen-bond donors (Lipinski definition) is 0. The summed E-state index contributed by atoms with van der Waals surface area (Å²) in [5.74, 6) is 0. The highest BCUT2D eigenvalue weighted by Gasteiger charge is 2.12. The van der Waals surface area contributed by atoms with Crippen LogP contribution in [0.5, 0.6) is 0 Å². The van der Waals surface area contributed by atoms with Gasteiger partial charge in [0.25, 0.3) is 0 Å². The Kier molecular flexibility index (Phi) is 5.45. The Bertz CT molecular complexity index is 623. The van der Waals surface area contributed by atoms with E-state index in [-0.39, 0.29) is 0 Å². The quantitative estimate of drug-likeness (QED) is 0.555. The van der Waals surface area contributed by atoms with Gasteiger partial charge in [0.05, 0.1) is 0 Å². The molecule has 0 radical (unpaired) electrons. The summed E-state index contributed by atoms with van der Waals surface area (Å²) >= 11 is 0. The first-order chi connectivity index (χ1) is 9.88. The molecule has 1 aromatic carbocycles. The summed E-state index contributed by atoms with van der Waals surface area (Å²) < 4.78 is 0. The number of aryl methyl sites for hydroxylation is 3. The number of rotatable bonds is 3. The average Bonchev–Trinajstić information content (AvgIpc) is 2.49. The van der Waals surface area contributed by atoms with E-state index < -0.39 is 0 Å². The second-order valence-electron chi connectivity index (χ2n) is 5.99. The van der Waals surface area contributed by atoms with E-state index >= 15 is 0 Å². The van der Waals surface area contributed by atoms with Crippen molar-refractivity contribution in [1.29, 1.82) is 0 Å². The third-order valence-corrected chi connectivity index (χ3v) is 6.68. The Balaban J connectivity index is 2.25. The lowest BCUT2D eigenvalue weighted by Crippen LogP contribution is -1.87. The summed E-state index contributed by atoms with van der Waals surface area (Å²) in [6.45, 7) is 13.3. The lowest BCUT2D eigenvalue weighted by atomic mass is 10.1. The summed E-state index contributed by atoms with van der Waals surface area (Å²) in [5.41, 5.74) is 8.34. The van der Waals surface area contributed by atoms with Crippen molar-refractivity contribution in [2.75, 3.05) is 0 Å². The molecule has 0 heterocycles. The maximum Gasteiger partial charge on any atom is 0.0244 e. The smallest absolute Gasteiger partial charge is 0.0244 e. The number of hydrogen-bond acceptors (Lipinski definition) is 2. The molecule has 0 aliphatic heterocycles. The van der Waals surface area contributed by atoms with Gasteiger partial charge in [-0.25, -0.2) is 0 Å². The van der Waals surface area contributed by atoms with Gasteiger partial charge in [0.15, 0.2) is 0 Å². The molecule has 0 bridgehead atoms. The molecule has 0 atom stereocenters. The highest BCUT2D eigenvalue weighted by Crippen LogP contribution is 2.45. The molecule has 1 aliphatic carbocycles. The van der Waals surface area contributed by atoms with E-state index in [1.54, 1.807) is 0 Å². The van der Waals surface area contributed by atoms with E-state index in [0.717, 1.165) is 6.42 Å². The molecule has 0 saturated heterocycles. The lowest BCUT2D eigenvalue weighted by Gasteiger charge is -2.13. The first kappa shape index (κ1) is 16.5. The highest BCUT2D eigenvalue weighted by atomic mass is 33.1. The Hall–Kier alpha value is -0.860. The molecule has 1 aliphatic rings. The maximum absolute atomic E-state index is 2.35. The normalized spacial score (nSPS) is 15.7. The number of allylic oxidation sites excluding steroid dienone is 5. The molecular formula is C19H24S2. The van der Waals surface area contributed by atoms with Gasteiger partial charge in [0, 0.05) is 9.80 Å². The predicted octanol–water partition coefficient (Wildman–Crippen LogP) is 6.92. The molecule has 112 valence electrons. The molecule has 1 aromatic rings. The van der Waals surface area contributed by atoms with Crippen LogP contribution in [0.3, 0.4) is 0 Å². The van der Waals surface area contributed by atoms with Crippen LogP contribution < -0.4 is 0 Å². The molecule has 2 rings (SSSR count). The molecule has 0 unspecified atom stereocenters. The monoisotopic (exact) mass is 316 g/mol. The minimum atomic E-state index is 1.07. The fourth-order valence-corrected chi connectivity index (χ4v) is 5.75. The van der Waals surface area contributed by atoms with Crippen molar-refractivity contribution in [3.8, 4) is 0 Å². The molecule has 2 heteroatoms. The zero-order chi connectivity index (χ0) is 15.6. The van der Waals surface area contributed by atoms with E-state index in [1.807, 2.05) is 21.6 Å². The second-order valence-corrected chi connectivity index (χ2v) is 8.14. The van der Waals surface area contributed by atoms with Crippen LogP contribution in [0.25, 0.3) is 0 Å². The molecule has 21 heavy (non-hydrogen) atoms. The van der Waals surface area contributed by atoms with Crippen LogP contribution >= 0.6 is 21.6 Å². The van der Waals surface area contributed by atoms with Gasteiger partial charge in [0.1, 0.15) is 0 Å². The Morgan fingerprint density at radius 1 is 0.857 bits per heavy atom. The van der Waals surface area contributed by atoms with Crippen LogP contribution in [0.15, 0.2) is 50.8 Å². The van der Waals surface area contributed by atoms with E-state index in [1.165, 1.54) is 43.2 Å². The molecule has 0 nitrogen and oxygen atoms in total. The number of benzene rings is 1. The van der Waals surface area contributed by atoms with Gasteiger partial charge in [-0.15, -0.1) is 0 Å². The van der Waals surface area contributed by atoms with Crippen LogP contribution in [-0.4, -0.2) is 0 Å². The van der Waals surface area contributed by atoms with Crippen molar-refractivity contribution < 1.29 is 0 Å². The topological polar surface area (TPSA) is 0 Å². The van der Waals surface area contributed by atoms with Gasteiger partial charge in [-0.3, -0.25) is 0 Å². The van der Waals surface area contributed by atoms with Gasteiger partial charge >= 0.3 is 0 Å². The molecule has 0 aromatic heterocycles. The zero-order valence-corrected chi connectivity index (χ0v) is 15.5. The fourth-order valence-electron chi connectivity index (χ4n) is 2.72. The van der Waals surface area contributed by atoms with E-state index in [4.69, 9.17) is 0 Å². The maximum atomic E-state index is 2.35. The van der Waals surface area contributed by atoms with Crippen LogP contribution in [0.2, 0.25) is 0 Å². The van der Waals surface area contributed by atoms with Crippen molar-refractivity contribution >= 4 is 21.6 Å². The zero-order valence-electron chi connectivity index (χ0n) is 13.8. The molecule has 0 fully saturated rings. The molecule has 0 saturated carbocycles. The van der Waals surface area contributed by atoms with Crippen LogP contribution in [0, 0.1) is 20.8 Å². The van der Waals surface area contributed by atoms with Crippen molar-refractivity contribution in [2.24, 2.45) is 0 Å². The molecular weight excluding hydrogens is 292 g/mol. The van der Waals surface area contributed by atoms with E-state index in [9.17, 15) is 0 Å². The predicted molar refractivity (Wildman–Crippen MR) is 98.9 cm³/mol. The second kappa shape index (κ2) is 6.93.